The summed E-state index contributed by atoms with van der Waals surface area (Å²) in [6.07, 6.45) is 0. The number of para-hydroxylation sites is 2. The smallest absolute Gasteiger partial charge is 0.113 e. The summed E-state index contributed by atoms with van der Waals surface area (Å²) in [6, 6.07) is 22.4. The Morgan fingerprint density at radius 1 is 0.619 bits per heavy atom. The Balaban J connectivity index is 2.20. The molecule has 0 fully saturated rings. The molecule has 3 aromatic carbocycles. The van der Waals surface area contributed by atoms with Crippen molar-refractivity contribution >= 4 is 48.4 Å². The van der Waals surface area contributed by atoms with Crippen LogP contribution in [0.4, 0.5) is 0 Å². The van der Waals surface area contributed by atoms with Crippen molar-refractivity contribution in [2.45, 2.75) is 0 Å². The van der Waals surface area contributed by atoms with E-state index in [-0.39, 0.29) is 0 Å². The van der Waals surface area contributed by atoms with Crippen LogP contribution in [-0.2, 0) is 0 Å². The van der Waals surface area contributed by atoms with Crippen LogP contribution >= 0.6 is 0 Å². The van der Waals surface area contributed by atoms with Crippen molar-refractivity contribution in [1.82, 2.24) is 4.57 Å². The highest BCUT2D eigenvalue weighted by Crippen LogP contribution is 2.31. The number of benzene rings is 3. The lowest BCUT2D eigenvalue weighted by atomic mass is 9.87. The number of rotatable bonds is 1. The molecule has 94 valence electrons. The molecule has 0 bridgehead atoms. The van der Waals surface area contributed by atoms with Crippen molar-refractivity contribution in [2.24, 2.45) is 0 Å². The second-order valence-electron chi connectivity index (χ2n) is 5.23. The molecule has 0 spiro atoms. The first kappa shape index (κ1) is 12.3. The summed E-state index contributed by atoms with van der Waals surface area (Å²) < 4.78 is 2.21. The standard InChI is InChI=1S/C18H11B2N/c19-12-9-13(20)11-14(10-12)21-17-7-3-1-5-15(17)16-6-2-4-8-18(16)21/h1-11H. The third-order valence-corrected chi connectivity index (χ3v) is 3.80. The summed E-state index contributed by atoms with van der Waals surface area (Å²) in [6.45, 7) is 0. The van der Waals surface area contributed by atoms with Gasteiger partial charge in [0.25, 0.3) is 0 Å². The average molecular weight is 263 g/mol. The summed E-state index contributed by atoms with van der Waals surface area (Å²) >= 11 is 0. The van der Waals surface area contributed by atoms with Gasteiger partial charge in [-0.2, -0.15) is 0 Å². The Hall–Kier alpha value is -2.41. The summed E-state index contributed by atoms with van der Waals surface area (Å²) in [5, 5.41) is 2.46. The van der Waals surface area contributed by atoms with Crippen LogP contribution in [0.25, 0.3) is 27.5 Å². The molecule has 4 aromatic rings. The maximum Gasteiger partial charge on any atom is 0.113 e. The summed E-state index contributed by atoms with van der Waals surface area (Å²) in [5.41, 5.74) is 4.65. The molecule has 0 aliphatic carbocycles. The molecule has 0 unspecified atom stereocenters. The Labute approximate surface area is 126 Å². The molecule has 0 atom stereocenters. The van der Waals surface area contributed by atoms with Gasteiger partial charge >= 0.3 is 0 Å². The molecule has 0 saturated carbocycles. The van der Waals surface area contributed by atoms with Gasteiger partial charge in [0.05, 0.1) is 11.0 Å². The molecule has 1 heterocycles. The molecule has 21 heavy (non-hydrogen) atoms. The SMILES string of the molecule is [B]c1cc([B])cc(-n2c3ccccc3c3ccccc32)c1. The minimum absolute atomic E-state index is 0.673. The molecule has 0 aliphatic rings. The topological polar surface area (TPSA) is 4.93 Å². The van der Waals surface area contributed by atoms with E-state index in [0.29, 0.717) is 10.9 Å². The highest BCUT2D eigenvalue weighted by atomic mass is 15.0. The van der Waals surface area contributed by atoms with Crippen molar-refractivity contribution in [2.75, 3.05) is 0 Å². The summed E-state index contributed by atoms with van der Waals surface area (Å²) in [7, 11) is 11.9. The van der Waals surface area contributed by atoms with Crippen LogP contribution in [0.1, 0.15) is 0 Å². The van der Waals surface area contributed by atoms with E-state index in [0.717, 1.165) is 16.7 Å². The first-order valence-electron chi connectivity index (χ1n) is 6.88. The lowest BCUT2D eigenvalue weighted by Crippen LogP contribution is -2.15. The summed E-state index contributed by atoms with van der Waals surface area (Å²) in [5.74, 6) is 0. The molecule has 0 amide bonds. The Morgan fingerprint density at radius 2 is 1.10 bits per heavy atom. The van der Waals surface area contributed by atoms with Crippen LogP contribution in [0.5, 0.6) is 0 Å². The Morgan fingerprint density at radius 3 is 1.62 bits per heavy atom. The molecule has 4 rings (SSSR count). The third-order valence-electron chi connectivity index (χ3n) is 3.80. The normalized spacial score (nSPS) is 11.2. The van der Waals surface area contributed by atoms with Crippen LogP contribution in [0.2, 0.25) is 0 Å². The zero-order valence-electron chi connectivity index (χ0n) is 11.5. The van der Waals surface area contributed by atoms with Crippen molar-refractivity contribution in [3.63, 3.8) is 0 Å². The van der Waals surface area contributed by atoms with E-state index >= 15 is 0 Å². The molecule has 3 heteroatoms. The zero-order valence-corrected chi connectivity index (χ0v) is 11.5. The van der Waals surface area contributed by atoms with Gasteiger partial charge in [0.2, 0.25) is 0 Å². The van der Waals surface area contributed by atoms with Gasteiger partial charge in [-0.25, -0.2) is 0 Å². The zero-order chi connectivity index (χ0) is 14.4. The highest BCUT2D eigenvalue weighted by Gasteiger charge is 2.11. The third kappa shape index (κ3) is 1.89. The predicted octanol–water partition coefficient (Wildman–Crippen LogP) is 2.37. The molecular weight excluding hydrogens is 252 g/mol. The van der Waals surface area contributed by atoms with Crippen molar-refractivity contribution in [3.05, 3.63) is 66.7 Å². The number of fused-ring (bicyclic) bond motifs is 3. The minimum atomic E-state index is 0.673. The van der Waals surface area contributed by atoms with Gasteiger partial charge in [0.15, 0.2) is 0 Å². The van der Waals surface area contributed by atoms with Crippen LogP contribution < -0.4 is 10.9 Å². The van der Waals surface area contributed by atoms with Crippen LogP contribution in [0.15, 0.2) is 66.7 Å². The van der Waals surface area contributed by atoms with Gasteiger partial charge in [-0.15, -0.1) is 0 Å². The minimum Gasteiger partial charge on any atom is -0.309 e. The lowest BCUT2D eigenvalue weighted by Gasteiger charge is -2.10. The Bertz CT molecular complexity index is 896. The van der Waals surface area contributed by atoms with Gasteiger partial charge in [0, 0.05) is 16.5 Å². The molecule has 0 saturated heterocycles. The van der Waals surface area contributed by atoms with E-state index < -0.39 is 0 Å². The van der Waals surface area contributed by atoms with Crippen molar-refractivity contribution in [1.29, 1.82) is 0 Å². The van der Waals surface area contributed by atoms with Crippen molar-refractivity contribution in [3.8, 4) is 5.69 Å². The highest BCUT2D eigenvalue weighted by molar-refractivity contribution is 6.38. The van der Waals surface area contributed by atoms with E-state index in [1.807, 2.05) is 24.3 Å². The van der Waals surface area contributed by atoms with Gasteiger partial charge in [-0.3, -0.25) is 0 Å². The lowest BCUT2D eigenvalue weighted by molar-refractivity contribution is 1.19. The fourth-order valence-corrected chi connectivity index (χ4v) is 2.99. The second kappa shape index (κ2) is 4.56. The number of hydrogen-bond donors (Lipinski definition) is 0. The van der Waals surface area contributed by atoms with Crippen LogP contribution in [0, 0.1) is 0 Å². The largest absolute Gasteiger partial charge is 0.309 e. The van der Waals surface area contributed by atoms with E-state index in [2.05, 4.69) is 41.0 Å². The molecular formula is C18H11B2N. The van der Waals surface area contributed by atoms with E-state index in [4.69, 9.17) is 15.7 Å². The summed E-state index contributed by atoms with van der Waals surface area (Å²) in [4.78, 5) is 0. The van der Waals surface area contributed by atoms with E-state index in [9.17, 15) is 0 Å². The number of nitrogens with zero attached hydrogens (tertiary/aromatic N) is 1. The monoisotopic (exact) mass is 263 g/mol. The maximum atomic E-state index is 5.96. The number of aromatic nitrogens is 1. The van der Waals surface area contributed by atoms with Gasteiger partial charge in [-0.1, -0.05) is 53.4 Å². The fourth-order valence-electron chi connectivity index (χ4n) is 2.99. The second-order valence-corrected chi connectivity index (χ2v) is 5.23. The van der Waals surface area contributed by atoms with Gasteiger partial charge < -0.3 is 4.57 Å². The average Bonchev–Trinajstić information content (AvgIpc) is 2.81. The van der Waals surface area contributed by atoms with E-state index in [1.165, 1.54) is 10.8 Å². The van der Waals surface area contributed by atoms with Gasteiger partial charge in [0.1, 0.15) is 15.7 Å². The van der Waals surface area contributed by atoms with Gasteiger partial charge in [-0.05, 0) is 24.3 Å². The molecule has 1 nitrogen and oxygen atoms in total. The quantitative estimate of drug-likeness (QED) is 0.464. The predicted molar refractivity (Wildman–Crippen MR) is 91.6 cm³/mol. The van der Waals surface area contributed by atoms with Crippen LogP contribution in [-0.4, -0.2) is 20.3 Å². The maximum absolute atomic E-state index is 5.96. The Kier molecular flexibility index (Phi) is 2.68. The molecule has 0 aliphatic heterocycles. The molecule has 1 aromatic heterocycles. The van der Waals surface area contributed by atoms with Crippen molar-refractivity contribution < 1.29 is 0 Å². The molecule has 4 radical (unpaired) electrons. The van der Waals surface area contributed by atoms with E-state index in [1.54, 1.807) is 6.07 Å². The fraction of sp³-hybridized carbons (Fsp3) is 0. The first-order valence-corrected chi connectivity index (χ1v) is 6.88. The molecule has 0 N–H and O–H groups in total. The number of hydrogen-bond acceptors (Lipinski definition) is 0. The first-order chi connectivity index (χ1) is 10.2. The van der Waals surface area contributed by atoms with Crippen LogP contribution in [0.3, 0.4) is 0 Å².